The van der Waals surface area contributed by atoms with E-state index >= 15 is 0 Å². The highest BCUT2D eigenvalue weighted by atomic mass is 16.5. The van der Waals surface area contributed by atoms with Gasteiger partial charge in [0, 0.05) is 26.1 Å². The van der Waals surface area contributed by atoms with Crippen molar-refractivity contribution in [2.75, 3.05) is 7.11 Å². The molecule has 0 bridgehead atoms. The number of fused-ring (bicyclic) bond motifs is 3. The minimum Gasteiger partial charge on any atom is -0.496 e. The van der Waals surface area contributed by atoms with Gasteiger partial charge in [-0.1, -0.05) is 0 Å². The summed E-state index contributed by atoms with van der Waals surface area (Å²) in [5.41, 5.74) is 3.76. The average molecular weight is 315 g/mol. The molecule has 1 atom stereocenters. The number of nitrogens with one attached hydrogen (secondary N) is 2. The number of piperidine rings is 1. The Morgan fingerprint density at radius 1 is 1.22 bits per heavy atom. The molecule has 23 heavy (non-hydrogen) atoms. The van der Waals surface area contributed by atoms with Crippen LogP contribution in [0, 0.1) is 0 Å². The van der Waals surface area contributed by atoms with E-state index in [9.17, 15) is 14.4 Å². The Hall–Kier alpha value is -2.41. The van der Waals surface area contributed by atoms with Crippen LogP contribution in [-0.4, -0.2) is 35.8 Å². The van der Waals surface area contributed by atoms with Crippen LogP contribution in [0.1, 0.15) is 39.9 Å². The number of imide groups is 1. The first kappa shape index (κ1) is 14.2. The van der Waals surface area contributed by atoms with Gasteiger partial charge < -0.3 is 15.0 Å². The van der Waals surface area contributed by atoms with Gasteiger partial charge in [-0.25, -0.2) is 0 Å². The molecular weight excluding hydrogens is 298 g/mol. The average Bonchev–Trinajstić information content (AvgIpc) is 3.11. The highest BCUT2D eigenvalue weighted by Crippen LogP contribution is 2.38. The molecular formula is C16H17N3O4. The predicted octanol–water partition coefficient (Wildman–Crippen LogP) is 0.0594. The number of carbonyl (C=O) groups excluding carboxylic acids is 3. The first-order valence-corrected chi connectivity index (χ1v) is 7.67. The monoisotopic (exact) mass is 315 g/mol. The topological polar surface area (TPSA) is 87.7 Å². The lowest BCUT2D eigenvalue weighted by molar-refractivity contribution is -0.136. The summed E-state index contributed by atoms with van der Waals surface area (Å²) in [6.45, 7) is 1.87. The Morgan fingerprint density at radius 3 is 2.78 bits per heavy atom. The molecule has 7 heteroatoms. The second-order valence-corrected chi connectivity index (χ2v) is 6.07. The number of rotatable bonds is 2. The largest absolute Gasteiger partial charge is 0.496 e. The number of amides is 3. The molecule has 3 amide bonds. The van der Waals surface area contributed by atoms with Crippen molar-refractivity contribution in [3.8, 4) is 5.75 Å². The van der Waals surface area contributed by atoms with Gasteiger partial charge >= 0.3 is 0 Å². The molecule has 1 aromatic carbocycles. The van der Waals surface area contributed by atoms with Crippen molar-refractivity contribution in [1.29, 1.82) is 0 Å². The summed E-state index contributed by atoms with van der Waals surface area (Å²) in [5.74, 6) is -0.308. The minimum atomic E-state index is -0.595. The third-order valence-electron chi connectivity index (χ3n) is 4.83. The van der Waals surface area contributed by atoms with Crippen molar-refractivity contribution >= 4 is 17.7 Å². The molecule has 1 aromatic rings. The zero-order valence-corrected chi connectivity index (χ0v) is 12.8. The van der Waals surface area contributed by atoms with Gasteiger partial charge in [-0.3, -0.25) is 19.7 Å². The van der Waals surface area contributed by atoms with E-state index in [2.05, 4.69) is 10.6 Å². The molecule has 0 aromatic heterocycles. The number of nitrogens with zero attached hydrogens (tertiary/aromatic N) is 1. The standard InChI is InChI=1S/C16H17N3O4/c1-23-12-4-8-5-17-6-9(8)10-7-19(16(22)14(10)12)11-2-3-13(20)18-15(11)21/h4,11,17H,2-3,5-7H2,1H3,(H,18,20,21). The van der Waals surface area contributed by atoms with Crippen molar-refractivity contribution in [2.24, 2.45) is 0 Å². The Kier molecular flexibility index (Phi) is 3.12. The van der Waals surface area contributed by atoms with Crippen LogP contribution in [0.15, 0.2) is 6.07 Å². The maximum absolute atomic E-state index is 12.9. The lowest BCUT2D eigenvalue weighted by atomic mass is 9.98. The Labute approximate surface area is 133 Å². The zero-order valence-electron chi connectivity index (χ0n) is 12.8. The molecule has 0 radical (unpaired) electrons. The van der Waals surface area contributed by atoms with Crippen LogP contribution in [-0.2, 0) is 29.2 Å². The molecule has 1 unspecified atom stereocenters. The lowest BCUT2D eigenvalue weighted by Gasteiger charge is -2.29. The molecule has 1 fully saturated rings. The van der Waals surface area contributed by atoms with Gasteiger partial charge in [-0.2, -0.15) is 0 Å². The van der Waals surface area contributed by atoms with E-state index in [1.165, 1.54) is 0 Å². The van der Waals surface area contributed by atoms with Crippen molar-refractivity contribution in [2.45, 2.75) is 38.5 Å². The molecule has 0 saturated carbocycles. The maximum atomic E-state index is 12.9. The summed E-state index contributed by atoms with van der Waals surface area (Å²) in [7, 11) is 1.55. The van der Waals surface area contributed by atoms with Gasteiger partial charge in [0.05, 0.1) is 12.7 Å². The molecule has 0 spiro atoms. The number of hydrogen-bond donors (Lipinski definition) is 2. The Bertz CT molecular complexity index is 743. The molecule has 3 heterocycles. The number of ether oxygens (including phenoxy) is 1. The quantitative estimate of drug-likeness (QED) is 0.754. The molecule has 1 saturated heterocycles. The van der Waals surface area contributed by atoms with E-state index in [4.69, 9.17) is 4.74 Å². The van der Waals surface area contributed by atoms with E-state index < -0.39 is 11.9 Å². The molecule has 120 valence electrons. The summed E-state index contributed by atoms with van der Waals surface area (Å²) >= 11 is 0. The Morgan fingerprint density at radius 2 is 2.04 bits per heavy atom. The van der Waals surface area contributed by atoms with Crippen molar-refractivity contribution in [3.63, 3.8) is 0 Å². The summed E-state index contributed by atoms with van der Waals surface area (Å²) in [6, 6.07) is 1.31. The fraction of sp³-hybridized carbons (Fsp3) is 0.438. The number of carbonyl (C=O) groups is 3. The van der Waals surface area contributed by atoms with Crippen LogP contribution in [0.25, 0.3) is 0 Å². The van der Waals surface area contributed by atoms with E-state index in [-0.39, 0.29) is 18.2 Å². The maximum Gasteiger partial charge on any atom is 0.258 e. The van der Waals surface area contributed by atoms with Gasteiger partial charge in [0.2, 0.25) is 11.8 Å². The highest BCUT2D eigenvalue weighted by Gasteiger charge is 2.42. The van der Waals surface area contributed by atoms with Crippen LogP contribution < -0.4 is 15.4 Å². The predicted molar refractivity (Wildman–Crippen MR) is 79.6 cm³/mol. The summed E-state index contributed by atoms with van der Waals surface area (Å²) in [5, 5.41) is 5.60. The van der Waals surface area contributed by atoms with Crippen LogP contribution in [0.5, 0.6) is 5.75 Å². The summed E-state index contributed by atoms with van der Waals surface area (Å²) < 4.78 is 5.40. The van der Waals surface area contributed by atoms with E-state index in [0.29, 0.717) is 24.3 Å². The number of methoxy groups -OCH3 is 1. The van der Waals surface area contributed by atoms with E-state index in [0.717, 1.165) is 29.8 Å². The first-order valence-electron chi connectivity index (χ1n) is 7.67. The number of hydrogen-bond acceptors (Lipinski definition) is 5. The third kappa shape index (κ3) is 2.03. The minimum absolute atomic E-state index is 0.193. The zero-order chi connectivity index (χ0) is 16.1. The molecule has 0 aliphatic carbocycles. The normalized spacial score (nSPS) is 22.9. The van der Waals surface area contributed by atoms with Gasteiger partial charge in [0.25, 0.3) is 5.91 Å². The van der Waals surface area contributed by atoms with E-state index in [1.807, 2.05) is 6.07 Å². The molecule has 4 rings (SSSR count). The third-order valence-corrected chi connectivity index (χ3v) is 4.83. The van der Waals surface area contributed by atoms with Gasteiger partial charge in [0.1, 0.15) is 11.8 Å². The summed E-state index contributed by atoms with van der Waals surface area (Å²) in [4.78, 5) is 37.9. The number of benzene rings is 1. The van der Waals surface area contributed by atoms with Gasteiger partial charge in [-0.15, -0.1) is 0 Å². The van der Waals surface area contributed by atoms with Crippen LogP contribution in [0.4, 0.5) is 0 Å². The van der Waals surface area contributed by atoms with Crippen LogP contribution >= 0.6 is 0 Å². The van der Waals surface area contributed by atoms with Crippen LogP contribution in [0.3, 0.4) is 0 Å². The fourth-order valence-corrected chi connectivity index (χ4v) is 3.70. The van der Waals surface area contributed by atoms with Crippen LogP contribution in [0.2, 0.25) is 0 Å². The smallest absolute Gasteiger partial charge is 0.258 e. The molecule has 2 N–H and O–H groups in total. The van der Waals surface area contributed by atoms with Crippen molar-refractivity contribution in [3.05, 3.63) is 28.3 Å². The first-order chi connectivity index (χ1) is 11.1. The SMILES string of the molecule is COc1cc2c(c3c1C(=O)N(C1CCC(=O)NC1=O)C3)CNC2. The van der Waals surface area contributed by atoms with Gasteiger partial charge in [0.15, 0.2) is 0 Å². The van der Waals surface area contributed by atoms with Gasteiger partial charge in [-0.05, 0) is 29.2 Å². The molecule has 3 aliphatic heterocycles. The Balaban J connectivity index is 1.73. The van der Waals surface area contributed by atoms with Crippen molar-refractivity contribution < 1.29 is 19.1 Å². The fourth-order valence-electron chi connectivity index (χ4n) is 3.70. The molecule has 3 aliphatic rings. The second-order valence-electron chi connectivity index (χ2n) is 6.07. The lowest BCUT2D eigenvalue weighted by Crippen LogP contribution is -2.52. The van der Waals surface area contributed by atoms with E-state index in [1.54, 1.807) is 12.0 Å². The molecule has 7 nitrogen and oxygen atoms in total. The van der Waals surface area contributed by atoms with Crippen molar-refractivity contribution in [1.82, 2.24) is 15.5 Å². The highest BCUT2D eigenvalue weighted by molar-refractivity contribution is 6.06. The second kappa shape index (κ2) is 5.06. The summed E-state index contributed by atoms with van der Waals surface area (Å²) in [6.07, 6.45) is 0.625.